The molecule has 3 rings (SSSR count). The first-order valence-electron chi connectivity index (χ1n) is 8.55. The van der Waals surface area contributed by atoms with Crippen molar-refractivity contribution in [3.63, 3.8) is 0 Å². The van der Waals surface area contributed by atoms with Crippen molar-refractivity contribution in [1.82, 2.24) is 9.97 Å². The molecule has 0 amide bonds. The van der Waals surface area contributed by atoms with Gasteiger partial charge in [0, 0.05) is 25.5 Å². The number of rotatable bonds is 8. The van der Waals surface area contributed by atoms with E-state index in [1.165, 1.54) is 25.4 Å². The monoisotopic (exact) mass is 398 g/mol. The van der Waals surface area contributed by atoms with Gasteiger partial charge in [0.25, 0.3) is 0 Å². The summed E-state index contributed by atoms with van der Waals surface area (Å²) in [4.78, 5) is 41.1. The van der Waals surface area contributed by atoms with Gasteiger partial charge in [-0.05, 0) is 24.3 Å². The van der Waals surface area contributed by atoms with Crippen LogP contribution in [0.15, 0.2) is 41.5 Å². The lowest BCUT2D eigenvalue weighted by Gasteiger charge is -2.14. The summed E-state index contributed by atoms with van der Waals surface area (Å²) in [6, 6.07) is 6.21. The summed E-state index contributed by atoms with van der Waals surface area (Å²) < 4.78 is 5.40. The maximum Gasteiger partial charge on any atom is 0.341 e. The first kappa shape index (κ1) is 19.7. The van der Waals surface area contributed by atoms with Gasteiger partial charge in [0.15, 0.2) is 5.75 Å². The molecule has 10 heteroatoms. The lowest BCUT2D eigenvalue weighted by Crippen LogP contribution is -2.17. The zero-order valence-corrected chi connectivity index (χ0v) is 15.4. The van der Waals surface area contributed by atoms with Crippen LogP contribution in [0.3, 0.4) is 0 Å². The molecule has 2 heterocycles. The van der Waals surface area contributed by atoms with Gasteiger partial charge >= 0.3 is 11.9 Å². The average Bonchev–Trinajstić information content (AvgIpc) is 2.71. The molecule has 0 fully saturated rings. The molecule has 0 unspecified atom stereocenters. The Morgan fingerprint density at radius 3 is 2.48 bits per heavy atom. The molecular formula is C19H18N4O6. The highest BCUT2D eigenvalue weighted by atomic mass is 16.5. The Labute approximate surface area is 164 Å². The first-order valence-corrected chi connectivity index (χ1v) is 8.55. The number of aromatic nitrogens is 2. The quantitative estimate of drug-likeness (QED) is 0.358. The summed E-state index contributed by atoms with van der Waals surface area (Å²) in [5, 5.41) is 24.4. The molecule has 0 saturated heterocycles. The number of nitrogens with one attached hydrogen (secondary N) is 3. The normalized spacial score (nSPS) is 10.5. The number of pyridine rings is 2. The van der Waals surface area contributed by atoms with Gasteiger partial charge in [-0.2, -0.15) is 0 Å². The Morgan fingerprint density at radius 2 is 1.86 bits per heavy atom. The third kappa shape index (κ3) is 4.10. The van der Waals surface area contributed by atoms with Gasteiger partial charge in [0.1, 0.15) is 11.4 Å². The van der Waals surface area contributed by atoms with Crippen molar-refractivity contribution in [3.05, 3.63) is 58.0 Å². The predicted molar refractivity (Wildman–Crippen MR) is 106 cm³/mol. The van der Waals surface area contributed by atoms with E-state index in [1.807, 2.05) is 0 Å². The van der Waals surface area contributed by atoms with Gasteiger partial charge in [-0.1, -0.05) is 0 Å². The number of benzene rings is 1. The maximum absolute atomic E-state index is 12.3. The van der Waals surface area contributed by atoms with Crippen LogP contribution in [-0.4, -0.2) is 52.3 Å². The van der Waals surface area contributed by atoms with Crippen molar-refractivity contribution < 1.29 is 24.5 Å². The molecule has 0 saturated carbocycles. The fraction of sp³-hybridized carbons (Fsp3) is 0.158. The minimum absolute atomic E-state index is 0.106. The Balaban J connectivity index is 1.71. The number of fused-ring (bicyclic) bond motifs is 1. The van der Waals surface area contributed by atoms with E-state index in [9.17, 15) is 14.4 Å². The number of carboxylic acids is 2. The molecule has 0 spiro atoms. The molecule has 10 nitrogen and oxygen atoms in total. The summed E-state index contributed by atoms with van der Waals surface area (Å²) in [7, 11) is 1.45. The van der Waals surface area contributed by atoms with Crippen molar-refractivity contribution in [1.29, 1.82) is 0 Å². The highest BCUT2D eigenvalue weighted by Crippen LogP contribution is 2.31. The van der Waals surface area contributed by atoms with Crippen LogP contribution in [0.5, 0.6) is 5.75 Å². The maximum atomic E-state index is 12.3. The van der Waals surface area contributed by atoms with Crippen molar-refractivity contribution in [2.75, 3.05) is 30.8 Å². The van der Waals surface area contributed by atoms with Gasteiger partial charge in [0.05, 0.1) is 29.3 Å². The fourth-order valence-corrected chi connectivity index (χ4v) is 2.79. The second-order valence-corrected chi connectivity index (χ2v) is 6.00. The number of methoxy groups -OCH3 is 1. The number of hydrogen-bond acceptors (Lipinski definition) is 7. The van der Waals surface area contributed by atoms with Crippen LogP contribution in [0.2, 0.25) is 0 Å². The molecule has 0 aliphatic carbocycles. The van der Waals surface area contributed by atoms with E-state index in [2.05, 4.69) is 20.6 Å². The summed E-state index contributed by atoms with van der Waals surface area (Å²) in [5.41, 5.74) is 0.190. The van der Waals surface area contributed by atoms with Gasteiger partial charge in [-0.15, -0.1) is 0 Å². The molecular weight excluding hydrogens is 380 g/mol. The average molecular weight is 398 g/mol. The number of H-pyrrole nitrogens is 1. The van der Waals surface area contributed by atoms with Crippen molar-refractivity contribution in [3.8, 4) is 5.75 Å². The molecule has 0 atom stereocenters. The smallest absolute Gasteiger partial charge is 0.341 e. The third-order valence-electron chi connectivity index (χ3n) is 4.20. The fourth-order valence-electron chi connectivity index (χ4n) is 2.79. The number of carboxylic acid groups (broad SMARTS) is 2. The standard InChI is InChI=1S/C19H18N4O6/c1-29-17-13(4-3-11-15(17)23-9-12(16(11)24)19(27)28)20-6-7-21-14-5-2-10(8-22-14)18(25)26/h2-5,8-9,20H,6-7H2,1H3,(H,21,22)(H,23,24)(H,25,26)(H,27,28). The highest BCUT2D eigenvalue weighted by Gasteiger charge is 2.16. The lowest BCUT2D eigenvalue weighted by molar-refractivity contribution is 0.0685. The summed E-state index contributed by atoms with van der Waals surface area (Å²) >= 11 is 0. The summed E-state index contributed by atoms with van der Waals surface area (Å²) in [5.74, 6) is -1.42. The predicted octanol–water partition coefficient (Wildman–Crippen LogP) is 1.85. The van der Waals surface area contributed by atoms with E-state index in [0.29, 0.717) is 35.9 Å². The Kier molecular flexibility index (Phi) is 5.63. The van der Waals surface area contributed by atoms with E-state index in [0.717, 1.165) is 6.20 Å². The lowest BCUT2D eigenvalue weighted by atomic mass is 10.1. The largest absolute Gasteiger partial charge is 0.492 e. The highest BCUT2D eigenvalue weighted by molar-refractivity contribution is 5.96. The minimum Gasteiger partial charge on any atom is -0.492 e. The van der Waals surface area contributed by atoms with Gasteiger partial charge < -0.3 is 30.6 Å². The van der Waals surface area contributed by atoms with Crippen LogP contribution in [-0.2, 0) is 0 Å². The van der Waals surface area contributed by atoms with Crippen LogP contribution in [0.4, 0.5) is 11.5 Å². The number of carbonyl (C=O) groups is 2. The molecule has 150 valence electrons. The van der Waals surface area contributed by atoms with Crippen LogP contribution in [0, 0.1) is 0 Å². The summed E-state index contributed by atoms with van der Waals surface area (Å²) in [6.45, 7) is 0.955. The van der Waals surface area contributed by atoms with Gasteiger partial charge in [0.2, 0.25) is 5.43 Å². The Bertz CT molecular complexity index is 1120. The topological polar surface area (TPSA) is 154 Å². The van der Waals surface area contributed by atoms with Crippen LogP contribution >= 0.6 is 0 Å². The van der Waals surface area contributed by atoms with Crippen LogP contribution in [0.25, 0.3) is 10.9 Å². The van der Waals surface area contributed by atoms with E-state index < -0.39 is 17.4 Å². The van der Waals surface area contributed by atoms with Crippen molar-refractivity contribution >= 4 is 34.3 Å². The molecule has 1 aromatic carbocycles. The molecule has 0 aliphatic rings. The molecule has 0 bridgehead atoms. The van der Waals surface area contributed by atoms with Gasteiger partial charge in [-0.3, -0.25) is 4.79 Å². The first-order chi connectivity index (χ1) is 13.9. The molecule has 5 N–H and O–H groups in total. The second-order valence-electron chi connectivity index (χ2n) is 6.00. The van der Waals surface area contributed by atoms with Crippen molar-refractivity contribution in [2.45, 2.75) is 0 Å². The number of hydrogen-bond donors (Lipinski definition) is 5. The number of anilines is 2. The van der Waals surface area contributed by atoms with Crippen LogP contribution < -0.4 is 20.8 Å². The SMILES string of the molecule is COc1c(NCCNc2ccc(C(=O)O)cn2)ccc2c(=O)c(C(=O)O)c[nH]c12. The number of aromatic carboxylic acids is 2. The molecule has 2 aromatic heterocycles. The number of aromatic amines is 1. The van der Waals surface area contributed by atoms with Crippen LogP contribution in [0.1, 0.15) is 20.7 Å². The van der Waals surface area contributed by atoms with E-state index >= 15 is 0 Å². The number of nitrogens with zero attached hydrogens (tertiary/aromatic N) is 1. The van der Waals surface area contributed by atoms with E-state index in [4.69, 9.17) is 14.9 Å². The zero-order valence-electron chi connectivity index (χ0n) is 15.4. The number of ether oxygens (including phenoxy) is 1. The second kappa shape index (κ2) is 8.30. The zero-order chi connectivity index (χ0) is 21.0. The summed E-state index contributed by atoms with van der Waals surface area (Å²) in [6.07, 6.45) is 2.42. The van der Waals surface area contributed by atoms with E-state index in [-0.39, 0.29) is 16.5 Å². The van der Waals surface area contributed by atoms with E-state index in [1.54, 1.807) is 12.1 Å². The third-order valence-corrected chi connectivity index (χ3v) is 4.20. The van der Waals surface area contributed by atoms with Gasteiger partial charge in [-0.25, -0.2) is 14.6 Å². The molecule has 3 aromatic rings. The molecule has 0 aliphatic heterocycles. The Morgan fingerprint density at radius 1 is 1.10 bits per heavy atom. The Hall–Kier alpha value is -4.08. The minimum atomic E-state index is -1.30. The molecule has 0 radical (unpaired) electrons. The van der Waals surface area contributed by atoms with Crippen molar-refractivity contribution in [2.24, 2.45) is 0 Å². The molecule has 29 heavy (non-hydrogen) atoms.